The van der Waals surface area contributed by atoms with Gasteiger partial charge in [0.2, 0.25) is 0 Å². The molecule has 0 spiro atoms. The number of aryl methyl sites for hydroxylation is 2. The molecule has 0 fully saturated rings. The van der Waals surface area contributed by atoms with Crippen molar-refractivity contribution in [2.45, 2.75) is 13.8 Å². The van der Waals surface area contributed by atoms with Gasteiger partial charge in [-0.05, 0) is 36.9 Å². The zero-order valence-electron chi connectivity index (χ0n) is 11.3. The Morgan fingerprint density at radius 1 is 0.737 bits per heavy atom. The summed E-state index contributed by atoms with van der Waals surface area (Å²) in [5.41, 5.74) is 4.89. The van der Waals surface area contributed by atoms with E-state index in [1.807, 2.05) is 0 Å². The minimum absolute atomic E-state index is 1.16. The smallest absolute Gasteiger partial charge is 0.0463 e. The van der Waals surface area contributed by atoms with Gasteiger partial charge in [-0.3, -0.25) is 0 Å². The number of anilines is 2. The number of hydrogen-bond acceptors (Lipinski definition) is 1. The average molecular weight is 247 g/mol. The van der Waals surface area contributed by atoms with Gasteiger partial charge in [-0.15, -0.1) is 0 Å². The summed E-state index contributed by atoms with van der Waals surface area (Å²) in [4.78, 5) is 0. The Hall–Kier alpha value is -2.28. The van der Waals surface area contributed by atoms with E-state index in [1.54, 1.807) is 0 Å². The lowest BCUT2D eigenvalue weighted by Gasteiger charge is -2.12. The standard InChI is InChI=1S/C18H17N/c1-13-10-11-17(14(2)12-13)19-18-9-5-7-15-6-3-4-8-16(15)18/h3-12,19H,1-2H3. The van der Waals surface area contributed by atoms with Gasteiger partial charge in [0.05, 0.1) is 0 Å². The lowest BCUT2D eigenvalue weighted by atomic mass is 10.1. The average Bonchev–Trinajstić information content (AvgIpc) is 2.42. The molecule has 3 aromatic rings. The summed E-state index contributed by atoms with van der Waals surface area (Å²) in [5, 5.41) is 6.06. The SMILES string of the molecule is Cc1ccc(Nc2cccc3ccccc23)c(C)c1. The van der Waals surface area contributed by atoms with Crippen LogP contribution in [-0.2, 0) is 0 Å². The van der Waals surface area contributed by atoms with Gasteiger partial charge >= 0.3 is 0 Å². The lowest BCUT2D eigenvalue weighted by molar-refractivity contribution is 1.37. The molecular weight excluding hydrogens is 230 g/mol. The second-order valence-electron chi connectivity index (χ2n) is 4.97. The predicted octanol–water partition coefficient (Wildman–Crippen LogP) is 5.20. The number of fused-ring (bicyclic) bond motifs is 1. The van der Waals surface area contributed by atoms with Gasteiger partial charge in [0.1, 0.15) is 0 Å². The second-order valence-corrected chi connectivity index (χ2v) is 4.97. The Bertz CT molecular complexity index is 723. The van der Waals surface area contributed by atoms with Gasteiger partial charge in [0.15, 0.2) is 0 Å². The molecule has 0 aromatic heterocycles. The van der Waals surface area contributed by atoms with Crippen LogP contribution in [0.1, 0.15) is 11.1 Å². The van der Waals surface area contributed by atoms with Crippen molar-refractivity contribution in [1.82, 2.24) is 0 Å². The van der Waals surface area contributed by atoms with E-state index in [1.165, 1.54) is 27.6 Å². The summed E-state index contributed by atoms with van der Waals surface area (Å²) < 4.78 is 0. The van der Waals surface area contributed by atoms with Crippen molar-refractivity contribution in [3.63, 3.8) is 0 Å². The molecule has 0 saturated heterocycles. The van der Waals surface area contributed by atoms with Crippen LogP contribution in [0.15, 0.2) is 60.7 Å². The van der Waals surface area contributed by atoms with Crippen LogP contribution < -0.4 is 5.32 Å². The van der Waals surface area contributed by atoms with Crippen molar-refractivity contribution < 1.29 is 0 Å². The molecule has 0 amide bonds. The fourth-order valence-electron chi connectivity index (χ4n) is 2.43. The van der Waals surface area contributed by atoms with Gasteiger partial charge in [-0.1, -0.05) is 54.1 Å². The van der Waals surface area contributed by atoms with Gasteiger partial charge < -0.3 is 5.32 Å². The Labute approximate surface area is 113 Å². The zero-order chi connectivity index (χ0) is 13.2. The molecular formula is C18H17N. The van der Waals surface area contributed by atoms with Crippen LogP contribution in [0.25, 0.3) is 10.8 Å². The molecule has 1 heteroatoms. The number of nitrogens with one attached hydrogen (secondary N) is 1. The molecule has 0 atom stereocenters. The lowest BCUT2D eigenvalue weighted by Crippen LogP contribution is -1.94. The summed E-state index contributed by atoms with van der Waals surface area (Å²) in [6, 6.07) is 21.3. The molecule has 0 saturated carbocycles. The first-order valence-electron chi connectivity index (χ1n) is 6.56. The summed E-state index contributed by atoms with van der Waals surface area (Å²) >= 11 is 0. The largest absolute Gasteiger partial charge is 0.355 e. The molecule has 3 rings (SSSR count). The summed E-state index contributed by atoms with van der Waals surface area (Å²) in [6.45, 7) is 4.26. The third-order valence-electron chi connectivity index (χ3n) is 3.44. The first-order valence-corrected chi connectivity index (χ1v) is 6.56. The highest BCUT2D eigenvalue weighted by Gasteiger charge is 2.02. The van der Waals surface area contributed by atoms with Crippen molar-refractivity contribution in [2.75, 3.05) is 5.32 Å². The van der Waals surface area contributed by atoms with E-state index in [2.05, 4.69) is 79.8 Å². The van der Waals surface area contributed by atoms with Crippen molar-refractivity contribution in [3.8, 4) is 0 Å². The van der Waals surface area contributed by atoms with E-state index >= 15 is 0 Å². The third-order valence-corrected chi connectivity index (χ3v) is 3.44. The molecule has 0 aliphatic carbocycles. The maximum absolute atomic E-state index is 3.54. The molecule has 1 nitrogen and oxygen atoms in total. The maximum atomic E-state index is 3.54. The molecule has 94 valence electrons. The first-order chi connectivity index (χ1) is 9.24. The molecule has 0 heterocycles. The molecule has 1 N–H and O–H groups in total. The Kier molecular flexibility index (Phi) is 2.96. The van der Waals surface area contributed by atoms with Crippen LogP contribution in [0, 0.1) is 13.8 Å². The topological polar surface area (TPSA) is 12.0 Å². The van der Waals surface area contributed by atoms with Gasteiger partial charge in [0, 0.05) is 16.8 Å². The Morgan fingerprint density at radius 2 is 1.53 bits per heavy atom. The molecule has 3 aromatic carbocycles. The highest BCUT2D eigenvalue weighted by molar-refractivity contribution is 5.95. The summed E-state index contributed by atoms with van der Waals surface area (Å²) in [6.07, 6.45) is 0. The van der Waals surface area contributed by atoms with Crippen LogP contribution in [0.4, 0.5) is 11.4 Å². The van der Waals surface area contributed by atoms with Gasteiger partial charge in [0.25, 0.3) is 0 Å². The van der Waals surface area contributed by atoms with Crippen molar-refractivity contribution in [2.24, 2.45) is 0 Å². The molecule has 19 heavy (non-hydrogen) atoms. The van der Waals surface area contributed by atoms with Crippen LogP contribution in [0.2, 0.25) is 0 Å². The van der Waals surface area contributed by atoms with Crippen LogP contribution in [0.3, 0.4) is 0 Å². The number of benzene rings is 3. The van der Waals surface area contributed by atoms with E-state index < -0.39 is 0 Å². The number of hydrogen-bond donors (Lipinski definition) is 1. The molecule has 0 radical (unpaired) electrons. The molecule has 0 aliphatic rings. The highest BCUT2D eigenvalue weighted by atomic mass is 14.9. The van der Waals surface area contributed by atoms with Crippen molar-refractivity contribution >= 4 is 22.1 Å². The first kappa shape index (κ1) is 11.8. The van der Waals surface area contributed by atoms with Gasteiger partial charge in [-0.25, -0.2) is 0 Å². The maximum Gasteiger partial charge on any atom is 0.0463 e. The van der Waals surface area contributed by atoms with Crippen LogP contribution in [-0.4, -0.2) is 0 Å². The van der Waals surface area contributed by atoms with E-state index in [-0.39, 0.29) is 0 Å². The molecule has 0 aliphatic heterocycles. The zero-order valence-corrected chi connectivity index (χ0v) is 11.3. The fourth-order valence-corrected chi connectivity index (χ4v) is 2.43. The predicted molar refractivity (Wildman–Crippen MR) is 83.1 cm³/mol. The van der Waals surface area contributed by atoms with Crippen molar-refractivity contribution in [1.29, 1.82) is 0 Å². The van der Waals surface area contributed by atoms with Gasteiger partial charge in [-0.2, -0.15) is 0 Å². The van der Waals surface area contributed by atoms with E-state index in [4.69, 9.17) is 0 Å². The minimum atomic E-state index is 1.16. The summed E-state index contributed by atoms with van der Waals surface area (Å²) in [5.74, 6) is 0. The Balaban J connectivity index is 2.06. The quantitative estimate of drug-likeness (QED) is 0.656. The van der Waals surface area contributed by atoms with Crippen LogP contribution >= 0.6 is 0 Å². The second kappa shape index (κ2) is 4.77. The van der Waals surface area contributed by atoms with E-state index in [0.717, 1.165) is 5.69 Å². The monoisotopic (exact) mass is 247 g/mol. The third kappa shape index (κ3) is 2.32. The number of rotatable bonds is 2. The van der Waals surface area contributed by atoms with E-state index in [9.17, 15) is 0 Å². The van der Waals surface area contributed by atoms with Crippen molar-refractivity contribution in [3.05, 3.63) is 71.8 Å². The van der Waals surface area contributed by atoms with Crippen LogP contribution in [0.5, 0.6) is 0 Å². The summed E-state index contributed by atoms with van der Waals surface area (Å²) in [7, 11) is 0. The molecule has 0 unspecified atom stereocenters. The fraction of sp³-hybridized carbons (Fsp3) is 0.111. The highest BCUT2D eigenvalue weighted by Crippen LogP contribution is 2.27. The Morgan fingerprint density at radius 3 is 2.37 bits per heavy atom. The normalized spacial score (nSPS) is 10.6. The molecule has 0 bridgehead atoms. The van der Waals surface area contributed by atoms with E-state index in [0.29, 0.717) is 0 Å². The minimum Gasteiger partial charge on any atom is -0.355 e.